The molecule has 2 unspecified atom stereocenters. The number of nitrogens with one attached hydrogen (secondary N) is 1. The van der Waals surface area contributed by atoms with Crippen molar-refractivity contribution in [2.45, 2.75) is 38.3 Å². The van der Waals surface area contributed by atoms with Gasteiger partial charge in [-0.25, -0.2) is 0 Å². The molecule has 0 aliphatic carbocycles. The summed E-state index contributed by atoms with van der Waals surface area (Å²) in [5.41, 5.74) is 0. The fourth-order valence-electron chi connectivity index (χ4n) is 1.47. The van der Waals surface area contributed by atoms with Crippen LogP contribution in [0.25, 0.3) is 0 Å². The first-order valence-electron chi connectivity index (χ1n) is 4.11. The number of esters is 1. The van der Waals surface area contributed by atoms with Crippen LogP contribution < -0.4 is 5.32 Å². The number of carbonyl (C=O) groups excluding carboxylic acids is 1. The molecule has 1 fully saturated rings. The Kier molecular flexibility index (Phi) is 5.25. The highest BCUT2D eigenvalue weighted by atomic mass is 35.5. The number of hydrogen-bond donors (Lipinski definition) is 1. The highest BCUT2D eigenvalue weighted by molar-refractivity contribution is 5.85. The van der Waals surface area contributed by atoms with Gasteiger partial charge in [0.05, 0.1) is 7.11 Å². The monoisotopic (exact) mass is 193 g/mol. The number of carbonyl (C=O) groups is 1. The van der Waals surface area contributed by atoms with Crippen molar-refractivity contribution in [2.24, 2.45) is 0 Å². The Labute approximate surface area is 79.3 Å². The summed E-state index contributed by atoms with van der Waals surface area (Å²) in [5, 5.41) is 3.22. The third kappa shape index (κ3) is 2.64. The number of methoxy groups -OCH3 is 1. The Balaban J connectivity index is 0.00000121. The summed E-state index contributed by atoms with van der Waals surface area (Å²) < 4.78 is 4.63. The quantitative estimate of drug-likeness (QED) is 0.668. The molecule has 0 amide bonds. The minimum absolute atomic E-state index is 0. The lowest BCUT2D eigenvalue weighted by atomic mass is 10.1. The fourth-order valence-corrected chi connectivity index (χ4v) is 1.47. The third-order valence-corrected chi connectivity index (χ3v) is 2.22. The van der Waals surface area contributed by atoms with Crippen molar-refractivity contribution in [3.05, 3.63) is 0 Å². The van der Waals surface area contributed by atoms with Crippen molar-refractivity contribution in [2.75, 3.05) is 7.11 Å². The van der Waals surface area contributed by atoms with Gasteiger partial charge < -0.3 is 10.1 Å². The van der Waals surface area contributed by atoms with Crippen LogP contribution in [0.5, 0.6) is 0 Å². The minimum atomic E-state index is -0.124. The zero-order valence-corrected chi connectivity index (χ0v) is 8.32. The lowest BCUT2D eigenvalue weighted by Crippen LogP contribution is -2.35. The molecule has 1 heterocycles. The van der Waals surface area contributed by atoms with Gasteiger partial charge in [-0.15, -0.1) is 12.4 Å². The first-order valence-corrected chi connectivity index (χ1v) is 4.11. The molecular weight excluding hydrogens is 178 g/mol. The summed E-state index contributed by atoms with van der Waals surface area (Å²) in [5.74, 6) is -0.124. The molecule has 1 rings (SSSR count). The van der Waals surface area contributed by atoms with Gasteiger partial charge in [0.25, 0.3) is 0 Å². The normalized spacial score (nSPS) is 27.8. The lowest BCUT2D eigenvalue weighted by molar-refractivity contribution is -0.142. The molecule has 0 radical (unpaired) electrons. The molecule has 0 saturated carbocycles. The van der Waals surface area contributed by atoms with Crippen molar-refractivity contribution < 1.29 is 9.53 Å². The van der Waals surface area contributed by atoms with Crippen LogP contribution in [0.2, 0.25) is 0 Å². The molecule has 1 aliphatic rings. The summed E-state index contributed by atoms with van der Waals surface area (Å²) in [6, 6.07) is 0.462. The molecule has 2 atom stereocenters. The summed E-state index contributed by atoms with van der Waals surface area (Å²) in [6.45, 7) is 2.12. The second-order valence-electron chi connectivity index (χ2n) is 2.92. The molecule has 0 spiro atoms. The Morgan fingerprint density at radius 2 is 2.25 bits per heavy atom. The van der Waals surface area contributed by atoms with Gasteiger partial charge >= 0.3 is 5.97 Å². The Morgan fingerprint density at radius 1 is 1.58 bits per heavy atom. The smallest absolute Gasteiger partial charge is 0.322 e. The summed E-state index contributed by atoms with van der Waals surface area (Å²) >= 11 is 0. The first-order chi connectivity index (χ1) is 5.27. The zero-order valence-electron chi connectivity index (χ0n) is 7.50. The molecule has 1 aliphatic heterocycles. The molecule has 1 N–H and O–H groups in total. The van der Waals surface area contributed by atoms with Crippen molar-refractivity contribution in [1.82, 2.24) is 5.32 Å². The van der Waals surface area contributed by atoms with Gasteiger partial charge in [0, 0.05) is 6.04 Å². The maximum Gasteiger partial charge on any atom is 0.322 e. The van der Waals surface area contributed by atoms with Gasteiger partial charge in [-0.05, 0) is 19.3 Å². The van der Waals surface area contributed by atoms with Crippen LogP contribution in [0.4, 0.5) is 0 Å². The topological polar surface area (TPSA) is 38.3 Å². The molecule has 0 aromatic carbocycles. The van der Waals surface area contributed by atoms with Gasteiger partial charge in [0.2, 0.25) is 0 Å². The summed E-state index contributed by atoms with van der Waals surface area (Å²) in [7, 11) is 1.43. The first kappa shape index (κ1) is 11.7. The highest BCUT2D eigenvalue weighted by Gasteiger charge is 2.28. The van der Waals surface area contributed by atoms with Crippen molar-refractivity contribution >= 4 is 18.4 Å². The number of ether oxygens (including phenoxy) is 1. The van der Waals surface area contributed by atoms with E-state index >= 15 is 0 Å². The number of hydrogen-bond acceptors (Lipinski definition) is 3. The van der Waals surface area contributed by atoms with E-state index in [9.17, 15) is 4.79 Å². The number of rotatable bonds is 2. The molecule has 1 saturated heterocycles. The Hall–Kier alpha value is -0.280. The molecule has 12 heavy (non-hydrogen) atoms. The standard InChI is InChI=1S/C8H15NO2.ClH/c1-3-6-4-5-7(9-6)8(10)11-2;/h6-7,9H,3-5H2,1-2H3;1H. The molecular formula is C8H16ClNO2. The average Bonchev–Trinajstić information content (AvgIpc) is 2.50. The van der Waals surface area contributed by atoms with Gasteiger partial charge in [-0.1, -0.05) is 6.92 Å². The van der Waals surface area contributed by atoms with Gasteiger partial charge in [-0.3, -0.25) is 4.79 Å². The van der Waals surface area contributed by atoms with E-state index in [0.717, 1.165) is 19.3 Å². The average molecular weight is 194 g/mol. The van der Waals surface area contributed by atoms with E-state index in [1.54, 1.807) is 0 Å². The fraction of sp³-hybridized carbons (Fsp3) is 0.875. The van der Waals surface area contributed by atoms with Gasteiger partial charge in [0.15, 0.2) is 0 Å². The van der Waals surface area contributed by atoms with Crippen LogP contribution >= 0.6 is 12.4 Å². The lowest BCUT2D eigenvalue weighted by Gasteiger charge is -2.09. The molecule has 3 nitrogen and oxygen atoms in total. The molecule has 0 bridgehead atoms. The van der Waals surface area contributed by atoms with Crippen molar-refractivity contribution in [1.29, 1.82) is 0 Å². The maximum absolute atomic E-state index is 11.0. The van der Waals surface area contributed by atoms with Crippen LogP contribution in [-0.4, -0.2) is 25.2 Å². The minimum Gasteiger partial charge on any atom is -0.468 e. The van der Waals surface area contributed by atoms with Crippen LogP contribution in [0.15, 0.2) is 0 Å². The molecule has 0 aromatic rings. The van der Waals surface area contributed by atoms with Crippen LogP contribution in [0, 0.1) is 0 Å². The van der Waals surface area contributed by atoms with Crippen molar-refractivity contribution in [3.8, 4) is 0 Å². The molecule has 72 valence electrons. The van der Waals surface area contributed by atoms with Gasteiger partial charge in [0.1, 0.15) is 6.04 Å². The van der Waals surface area contributed by atoms with E-state index < -0.39 is 0 Å². The predicted molar refractivity (Wildman–Crippen MR) is 49.5 cm³/mol. The van der Waals surface area contributed by atoms with Crippen molar-refractivity contribution in [3.63, 3.8) is 0 Å². The Bertz CT molecular complexity index is 152. The van der Waals surface area contributed by atoms with E-state index in [0.29, 0.717) is 6.04 Å². The molecule has 4 heteroatoms. The van der Waals surface area contributed by atoms with E-state index in [4.69, 9.17) is 0 Å². The van der Waals surface area contributed by atoms with E-state index in [1.807, 2.05) is 0 Å². The third-order valence-electron chi connectivity index (χ3n) is 2.22. The van der Waals surface area contributed by atoms with E-state index in [-0.39, 0.29) is 24.4 Å². The SMILES string of the molecule is CCC1CCC(C(=O)OC)N1.Cl. The number of halogens is 1. The van der Waals surface area contributed by atoms with Crippen LogP contribution in [0.3, 0.4) is 0 Å². The zero-order chi connectivity index (χ0) is 8.27. The van der Waals surface area contributed by atoms with Crippen LogP contribution in [0.1, 0.15) is 26.2 Å². The Morgan fingerprint density at radius 3 is 2.67 bits per heavy atom. The second-order valence-corrected chi connectivity index (χ2v) is 2.92. The highest BCUT2D eigenvalue weighted by Crippen LogP contribution is 2.15. The van der Waals surface area contributed by atoms with E-state index in [2.05, 4.69) is 17.0 Å². The summed E-state index contributed by atoms with van der Waals surface area (Å²) in [4.78, 5) is 11.0. The predicted octanol–water partition coefficient (Wildman–Crippen LogP) is 1.11. The van der Waals surface area contributed by atoms with Gasteiger partial charge in [-0.2, -0.15) is 0 Å². The second kappa shape index (κ2) is 5.38. The summed E-state index contributed by atoms with van der Waals surface area (Å²) in [6.07, 6.45) is 3.11. The largest absolute Gasteiger partial charge is 0.468 e. The van der Waals surface area contributed by atoms with Crippen LogP contribution in [-0.2, 0) is 9.53 Å². The van der Waals surface area contributed by atoms with E-state index in [1.165, 1.54) is 7.11 Å². The molecule has 0 aromatic heterocycles. The maximum atomic E-state index is 11.0.